The first kappa shape index (κ1) is 19.6. The minimum Gasteiger partial charge on any atom is -0.441 e. The number of hydrogen-bond donors (Lipinski definition) is 0. The maximum Gasteiger partial charge on any atom is 0.340 e. The SMILES string of the molecule is Cc1cccc(C2(c3cccc(C)c3)OC(=O)c3cccc(-c4ccc(Cl)cc4)c32)c1. The molecule has 0 saturated heterocycles. The molecule has 4 aromatic carbocycles. The van der Waals surface area contributed by atoms with E-state index in [0.29, 0.717) is 10.6 Å². The Kier molecular flexibility index (Phi) is 4.68. The Morgan fingerprint density at radius 2 is 1.26 bits per heavy atom. The van der Waals surface area contributed by atoms with Crippen LogP contribution in [0.25, 0.3) is 11.1 Å². The summed E-state index contributed by atoms with van der Waals surface area (Å²) < 4.78 is 6.32. The van der Waals surface area contributed by atoms with E-state index >= 15 is 0 Å². The quantitative estimate of drug-likeness (QED) is 0.328. The number of rotatable bonds is 3. The van der Waals surface area contributed by atoms with Gasteiger partial charge in [-0.05, 0) is 43.2 Å². The first-order valence-electron chi connectivity index (χ1n) is 10.3. The second-order valence-electron chi connectivity index (χ2n) is 8.04. The summed E-state index contributed by atoms with van der Waals surface area (Å²) in [5.41, 5.74) is 6.48. The minimum absolute atomic E-state index is 0.311. The van der Waals surface area contributed by atoms with Gasteiger partial charge in [0.15, 0.2) is 5.60 Å². The van der Waals surface area contributed by atoms with Crippen LogP contribution in [-0.2, 0) is 10.3 Å². The van der Waals surface area contributed by atoms with Gasteiger partial charge in [-0.15, -0.1) is 0 Å². The van der Waals surface area contributed by atoms with Crippen LogP contribution in [0.4, 0.5) is 0 Å². The summed E-state index contributed by atoms with van der Waals surface area (Å²) >= 11 is 6.14. The predicted molar refractivity (Wildman–Crippen MR) is 125 cm³/mol. The van der Waals surface area contributed by atoms with Crippen LogP contribution >= 0.6 is 11.6 Å². The van der Waals surface area contributed by atoms with Crippen molar-refractivity contribution < 1.29 is 9.53 Å². The van der Waals surface area contributed by atoms with Gasteiger partial charge >= 0.3 is 5.97 Å². The van der Waals surface area contributed by atoms with Gasteiger partial charge in [0.1, 0.15) is 0 Å². The molecule has 31 heavy (non-hydrogen) atoms. The van der Waals surface area contributed by atoms with E-state index in [1.807, 2.05) is 66.7 Å². The molecule has 0 aromatic heterocycles. The Morgan fingerprint density at radius 1 is 0.710 bits per heavy atom. The number of ether oxygens (including phenoxy) is 1. The van der Waals surface area contributed by atoms with E-state index in [1.54, 1.807) is 0 Å². The van der Waals surface area contributed by atoms with Crippen molar-refractivity contribution in [3.8, 4) is 11.1 Å². The number of cyclic esters (lactones) is 1. The van der Waals surface area contributed by atoms with Crippen LogP contribution in [0.2, 0.25) is 5.02 Å². The molecule has 0 fully saturated rings. The Bertz CT molecular complexity index is 1260. The number of carbonyl (C=O) groups excluding carboxylic acids is 1. The van der Waals surface area contributed by atoms with E-state index in [2.05, 4.69) is 38.1 Å². The summed E-state index contributed by atoms with van der Waals surface area (Å²) in [6, 6.07) is 29.9. The summed E-state index contributed by atoms with van der Waals surface area (Å²) in [5, 5.41) is 0.673. The molecular formula is C28H21ClO2. The van der Waals surface area contributed by atoms with Gasteiger partial charge in [-0.3, -0.25) is 0 Å². The van der Waals surface area contributed by atoms with Crippen molar-refractivity contribution in [2.24, 2.45) is 0 Å². The number of hydrogen-bond acceptors (Lipinski definition) is 2. The average Bonchev–Trinajstić information content (AvgIpc) is 3.08. The third-order valence-corrected chi connectivity index (χ3v) is 6.14. The second kappa shape index (κ2) is 7.40. The maximum atomic E-state index is 13.2. The molecule has 4 aromatic rings. The molecule has 0 bridgehead atoms. The molecule has 0 atom stereocenters. The van der Waals surface area contributed by atoms with Crippen molar-refractivity contribution in [3.05, 3.63) is 129 Å². The van der Waals surface area contributed by atoms with E-state index in [0.717, 1.165) is 38.9 Å². The first-order chi connectivity index (χ1) is 15.0. The molecular weight excluding hydrogens is 404 g/mol. The summed E-state index contributed by atoms with van der Waals surface area (Å²) in [6.45, 7) is 4.10. The largest absolute Gasteiger partial charge is 0.441 e. The van der Waals surface area contributed by atoms with Gasteiger partial charge in [0.25, 0.3) is 0 Å². The smallest absolute Gasteiger partial charge is 0.340 e. The zero-order chi connectivity index (χ0) is 21.6. The number of benzene rings is 4. The highest BCUT2D eigenvalue weighted by Gasteiger charge is 2.50. The van der Waals surface area contributed by atoms with E-state index in [-0.39, 0.29) is 5.97 Å². The number of esters is 1. The lowest BCUT2D eigenvalue weighted by atomic mass is 9.76. The number of fused-ring (bicyclic) bond motifs is 1. The molecule has 0 radical (unpaired) electrons. The van der Waals surface area contributed by atoms with Crippen molar-refractivity contribution >= 4 is 17.6 Å². The van der Waals surface area contributed by atoms with Crippen LogP contribution in [0.5, 0.6) is 0 Å². The van der Waals surface area contributed by atoms with Crippen molar-refractivity contribution in [1.82, 2.24) is 0 Å². The zero-order valence-electron chi connectivity index (χ0n) is 17.4. The van der Waals surface area contributed by atoms with Gasteiger partial charge in [0.05, 0.1) is 5.56 Å². The molecule has 2 nitrogen and oxygen atoms in total. The highest BCUT2D eigenvalue weighted by molar-refractivity contribution is 6.30. The molecule has 0 aliphatic carbocycles. The molecule has 0 unspecified atom stereocenters. The Hall–Kier alpha value is -3.36. The Labute approximate surface area is 187 Å². The van der Waals surface area contributed by atoms with Crippen LogP contribution in [0, 0.1) is 13.8 Å². The number of carbonyl (C=O) groups is 1. The standard InChI is InChI=1S/C28H21ClO2/c1-18-6-3-8-21(16-18)28(22-9-4-7-19(2)17-22)26-24(20-12-14-23(29)15-13-20)10-5-11-25(26)27(30)31-28/h3-17H,1-2H3. The molecule has 3 heteroatoms. The van der Waals surface area contributed by atoms with Gasteiger partial charge in [0, 0.05) is 21.7 Å². The second-order valence-corrected chi connectivity index (χ2v) is 8.48. The van der Waals surface area contributed by atoms with Crippen LogP contribution in [0.1, 0.15) is 38.2 Å². The van der Waals surface area contributed by atoms with Crippen molar-refractivity contribution in [3.63, 3.8) is 0 Å². The Balaban J connectivity index is 1.89. The highest BCUT2D eigenvalue weighted by atomic mass is 35.5. The third kappa shape index (κ3) is 3.15. The number of halogens is 1. The first-order valence-corrected chi connectivity index (χ1v) is 10.6. The van der Waals surface area contributed by atoms with Gasteiger partial charge < -0.3 is 4.74 Å². The van der Waals surface area contributed by atoms with Crippen LogP contribution in [-0.4, -0.2) is 5.97 Å². The van der Waals surface area contributed by atoms with E-state index < -0.39 is 5.60 Å². The van der Waals surface area contributed by atoms with E-state index in [1.165, 1.54) is 0 Å². The fraction of sp³-hybridized carbons (Fsp3) is 0.107. The predicted octanol–water partition coefficient (Wildman–Crippen LogP) is 7.09. The van der Waals surface area contributed by atoms with Gasteiger partial charge in [0.2, 0.25) is 0 Å². The fourth-order valence-corrected chi connectivity index (χ4v) is 4.64. The Morgan fingerprint density at radius 3 is 1.84 bits per heavy atom. The average molecular weight is 425 g/mol. The lowest BCUT2D eigenvalue weighted by Crippen LogP contribution is -2.30. The topological polar surface area (TPSA) is 26.3 Å². The molecule has 1 aliphatic rings. The van der Waals surface area contributed by atoms with Crippen LogP contribution in [0.15, 0.2) is 91.0 Å². The maximum absolute atomic E-state index is 13.2. The minimum atomic E-state index is -1.03. The molecule has 152 valence electrons. The number of aryl methyl sites for hydroxylation is 2. The molecule has 0 N–H and O–H groups in total. The summed E-state index contributed by atoms with van der Waals surface area (Å²) in [7, 11) is 0. The summed E-state index contributed by atoms with van der Waals surface area (Å²) in [6.07, 6.45) is 0. The van der Waals surface area contributed by atoms with Gasteiger partial charge in [-0.25, -0.2) is 4.79 Å². The third-order valence-electron chi connectivity index (χ3n) is 5.89. The normalized spacial score (nSPS) is 14.2. The highest BCUT2D eigenvalue weighted by Crippen LogP contribution is 2.50. The summed E-state index contributed by atoms with van der Waals surface area (Å²) in [5.74, 6) is -0.311. The lowest BCUT2D eigenvalue weighted by molar-refractivity contribution is 0.0252. The molecule has 0 saturated carbocycles. The van der Waals surface area contributed by atoms with Gasteiger partial charge in [-0.2, -0.15) is 0 Å². The molecule has 0 amide bonds. The zero-order valence-corrected chi connectivity index (χ0v) is 18.1. The van der Waals surface area contributed by atoms with Crippen molar-refractivity contribution in [2.45, 2.75) is 19.4 Å². The molecule has 1 heterocycles. The monoisotopic (exact) mass is 424 g/mol. The van der Waals surface area contributed by atoms with E-state index in [4.69, 9.17) is 16.3 Å². The van der Waals surface area contributed by atoms with Crippen LogP contribution in [0.3, 0.4) is 0 Å². The van der Waals surface area contributed by atoms with Crippen molar-refractivity contribution in [2.75, 3.05) is 0 Å². The molecule has 5 rings (SSSR count). The molecule has 1 aliphatic heterocycles. The lowest BCUT2D eigenvalue weighted by Gasteiger charge is -2.32. The molecule has 0 spiro atoms. The summed E-state index contributed by atoms with van der Waals surface area (Å²) in [4.78, 5) is 13.2. The fourth-order valence-electron chi connectivity index (χ4n) is 4.52. The van der Waals surface area contributed by atoms with Gasteiger partial charge in [-0.1, -0.05) is 95.5 Å². The van der Waals surface area contributed by atoms with E-state index in [9.17, 15) is 4.79 Å². The van der Waals surface area contributed by atoms with Crippen LogP contribution < -0.4 is 0 Å². The van der Waals surface area contributed by atoms with Crippen molar-refractivity contribution in [1.29, 1.82) is 0 Å².